The molecule has 26 heavy (non-hydrogen) atoms. The molecule has 0 saturated carbocycles. The Hall–Kier alpha value is -3.19. The van der Waals surface area contributed by atoms with Crippen LogP contribution in [0.15, 0.2) is 65.7 Å². The van der Waals surface area contributed by atoms with Gasteiger partial charge in [-0.05, 0) is 25.1 Å². The standard InChI is InChI=1S/C19H20N4O3/c1-14-17(12-21-23(14)15-7-3-2-4-8-15)19(26)20-11-16(24)13-22-10-6-5-9-18(22)25/h2-10,12,16,24H,11,13H2,1H3,(H,20,26). The molecular formula is C19H20N4O3. The fraction of sp³-hybridized carbons (Fsp3) is 0.211. The first-order valence-corrected chi connectivity index (χ1v) is 8.28. The SMILES string of the molecule is Cc1c(C(=O)NCC(O)Cn2ccccc2=O)cnn1-c1ccccc1. The van der Waals surface area contributed by atoms with Gasteiger partial charge in [-0.2, -0.15) is 5.10 Å². The van der Waals surface area contributed by atoms with Gasteiger partial charge in [0.25, 0.3) is 11.5 Å². The Morgan fingerprint density at radius 2 is 1.92 bits per heavy atom. The molecule has 7 heteroatoms. The number of nitrogens with one attached hydrogen (secondary N) is 1. The van der Waals surface area contributed by atoms with Crippen LogP contribution in [0.25, 0.3) is 5.69 Å². The molecule has 3 aromatic rings. The number of carbonyl (C=O) groups excluding carboxylic acids is 1. The van der Waals surface area contributed by atoms with Gasteiger partial charge >= 0.3 is 0 Å². The van der Waals surface area contributed by atoms with E-state index < -0.39 is 6.10 Å². The lowest BCUT2D eigenvalue weighted by Gasteiger charge is -2.13. The van der Waals surface area contributed by atoms with E-state index in [1.807, 2.05) is 37.3 Å². The molecule has 2 aromatic heterocycles. The van der Waals surface area contributed by atoms with Gasteiger partial charge in [0.2, 0.25) is 0 Å². The first kappa shape index (κ1) is 17.6. The van der Waals surface area contributed by atoms with E-state index in [0.29, 0.717) is 11.3 Å². The van der Waals surface area contributed by atoms with Gasteiger partial charge in [0, 0.05) is 18.8 Å². The van der Waals surface area contributed by atoms with Gasteiger partial charge in [-0.15, -0.1) is 0 Å². The van der Waals surface area contributed by atoms with Crippen molar-refractivity contribution in [3.8, 4) is 5.69 Å². The second-order valence-corrected chi connectivity index (χ2v) is 5.95. The van der Waals surface area contributed by atoms with Crippen LogP contribution in [0.5, 0.6) is 0 Å². The molecule has 0 radical (unpaired) electrons. The van der Waals surface area contributed by atoms with E-state index in [4.69, 9.17) is 0 Å². The van der Waals surface area contributed by atoms with Crippen molar-refractivity contribution in [2.75, 3.05) is 6.54 Å². The van der Waals surface area contributed by atoms with Crippen LogP contribution in [0.4, 0.5) is 0 Å². The maximum atomic E-state index is 12.4. The molecule has 1 amide bonds. The number of aliphatic hydroxyl groups excluding tert-OH is 1. The minimum Gasteiger partial charge on any atom is -0.389 e. The molecule has 0 bridgehead atoms. The molecule has 0 fully saturated rings. The summed E-state index contributed by atoms with van der Waals surface area (Å²) < 4.78 is 3.09. The number of nitrogens with zero attached hydrogens (tertiary/aromatic N) is 3. The predicted molar refractivity (Wildman–Crippen MR) is 97.3 cm³/mol. The normalized spacial score (nSPS) is 11.9. The quantitative estimate of drug-likeness (QED) is 0.696. The highest BCUT2D eigenvalue weighted by Crippen LogP contribution is 2.13. The molecule has 0 aliphatic heterocycles. The first-order chi connectivity index (χ1) is 12.6. The molecule has 0 aliphatic rings. The highest BCUT2D eigenvalue weighted by Gasteiger charge is 2.16. The van der Waals surface area contributed by atoms with Crippen LogP contribution in [0.1, 0.15) is 16.1 Å². The van der Waals surface area contributed by atoms with Crippen molar-refractivity contribution in [2.24, 2.45) is 0 Å². The summed E-state index contributed by atoms with van der Waals surface area (Å²) >= 11 is 0. The Balaban J connectivity index is 1.63. The summed E-state index contributed by atoms with van der Waals surface area (Å²) in [5.74, 6) is -0.316. The minimum absolute atomic E-state index is 0.0378. The molecule has 3 rings (SSSR count). The summed E-state index contributed by atoms with van der Waals surface area (Å²) in [4.78, 5) is 24.0. The minimum atomic E-state index is -0.872. The first-order valence-electron chi connectivity index (χ1n) is 8.28. The number of amides is 1. The molecule has 134 valence electrons. The summed E-state index contributed by atoms with van der Waals surface area (Å²) in [5.41, 5.74) is 1.82. The number of hydrogen-bond donors (Lipinski definition) is 2. The lowest BCUT2D eigenvalue weighted by Crippen LogP contribution is -2.36. The molecular weight excluding hydrogens is 332 g/mol. The van der Waals surface area contributed by atoms with E-state index in [0.717, 1.165) is 5.69 Å². The maximum Gasteiger partial charge on any atom is 0.254 e. The average molecular weight is 352 g/mol. The molecule has 0 aliphatic carbocycles. The Bertz CT molecular complexity index is 947. The summed E-state index contributed by atoms with van der Waals surface area (Å²) in [6.07, 6.45) is 2.23. The molecule has 2 heterocycles. The van der Waals surface area contributed by atoms with Crippen LogP contribution in [0, 0.1) is 6.92 Å². The van der Waals surface area contributed by atoms with Crippen LogP contribution >= 0.6 is 0 Å². The molecule has 2 N–H and O–H groups in total. The number of pyridine rings is 1. The van der Waals surface area contributed by atoms with E-state index in [9.17, 15) is 14.7 Å². The zero-order valence-electron chi connectivity index (χ0n) is 14.4. The Labute approximate surface area is 150 Å². The molecule has 1 aromatic carbocycles. The van der Waals surface area contributed by atoms with Gasteiger partial charge < -0.3 is 15.0 Å². The van der Waals surface area contributed by atoms with Gasteiger partial charge in [0.15, 0.2) is 0 Å². The predicted octanol–water partition coefficient (Wildman–Crippen LogP) is 1.13. The van der Waals surface area contributed by atoms with Crippen molar-refractivity contribution in [3.05, 3.63) is 82.5 Å². The number of para-hydroxylation sites is 1. The number of rotatable bonds is 6. The van der Waals surface area contributed by atoms with Gasteiger partial charge in [-0.25, -0.2) is 4.68 Å². The third kappa shape index (κ3) is 3.89. The zero-order chi connectivity index (χ0) is 18.5. The van der Waals surface area contributed by atoms with Gasteiger partial charge in [0.1, 0.15) is 0 Å². The molecule has 0 saturated heterocycles. The summed E-state index contributed by atoms with van der Waals surface area (Å²) in [6, 6.07) is 14.3. The number of carbonyl (C=O) groups is 1. The van der Waals surface area contributed by atoms with Gasteiger partial charge in [0.05, 0.1) is 35.8 Å². The van der Waals surface area contributed by atoms with Crippen LogP contribution in [-0.2, 0) is 6.54 Å². The van der Waals surface area contributed by atoms with Crippen molar-refractivity contribution in [2.45, 2.75) is 19.6 Å². The second-order valence-electron chi connectivity index (χ2n) is 5.95. The molecule has 7 nitrogen and oxygen atoms in total. The van der Waals surface area contributed by atoms with Crippen molar-refractivity contribution in [1.82, 2.24) is 19.7 Å². The fourth-order valence-electron chi connectivity index (χ4n) is 2.67. The average Bonchev–Trinajstić information content (AvgIpc) is 3.04. The van der Waals surface area contributed by atoms with Crippen LogP contribution < -0.4 is 10.9 Å². The van der Waals surface area contributed by atoms with Crippen LogP contribution in [0.2, 0.25) is 0 Å². The van der Waals surface area contributed by atoms with E-state index in [1.54, 1.807) is 23.0 Å². The lowest BCUT2D eigenvalue weighted by molar-refractivity contribution is 0.0902. The summed E-state index contributed by atoms with van der Waals surface area (Å²) in [6.45, 7) is 1.97. The zero-order valence-corrected chi connectivity index (χ0v) is 14.4. The van der Waals surface area contributed by atoms with Crippen molar-refractivity contribution < 1.29 is 9.90 Å². The summed E-state index contributed by atoms with van der Waals surface area (Å²) in [7, 11) is 0. The number of benzene rings is 1. The monoisotopic (exact) mass is 352 g/mol. The van der Waals surface area contributed by atoms with Crippen LogP contribution in [-0.4, -0.2) is 38.0 Å². The number of aliphatic hydroxyl groups is 1. The Kier molecular flexibility index (Phi) is 5.28. The van der Waals surface area contributed by atoms with Crippen molar-refractivity contribution in [3.63, 3.8) is 0 Å². The summed E-state index contributed by atoms with van der Waals surface area (Å²) in [5, 5.41) is 17.0. The van der Waals surface area contributed by atoms with Gasteiger partial charge in [-0.1, -0.05) is 24.3 Å². The highest BCUT2D eigenvalue weighted by molar-refractivity contribution is 5.95. The fourth-order valence-corrected chi connectivity index (χ4v) is 2.67. The Morgan fingerprint density at radius 3 is 2.65 bits per heavy atom. The van der Waals surface area contributed by atoms with E-state index >= 15 is 0 Å². The molecule has 1 atom stereocenters. The van der Waals surface area contributed by atoms with Crippen LogP contribution in [0.3, 0.4) is 0 Å². The maximum absolute atomic E-state index is 12.4. The highest BCUT2D eigenvalue weighted by atomic mass is 16.3. The number of aromatic nitrogens is 3. The van der Waals surface area contributed by atoms with Crippen molar-refractivity contribution in [1.29, 1.82) is 0 Å². The second kappa shape index (κ2) is 7.79. The third-order valence-electron chi connectivity index (χ3n) is 4.06. The van der Waals surface area contributed by atoms with E-state index in [1.165, 1.54) is 16.8 Å². The third-order valence-corrected chi connectivity index (χ3v) is 4.06. The van der Waals surface area contributed by atoms with Crippen molar-refractivity contribution >= 4 is 5.91 Å². The van der Waals surface area contributed by atoms with Gasteiger partial charge in [-0.3, -0.25) is 9.59 Å². The number of hydrogen-bond acceptors (Lipinski definition) is 4. The largest absolute Gasteiger partial charge is 0.389 e. The topological polar surface area (TPSA) is 89.2 Å². The molecule has 1 unspecified atom stereocenters. The van der Waals surface area contributed by atoms with E-state index in [2.05, 4.69) is 10.4 Å². The smallest absolute Gasteiger partial charge is 0.254 e. The molecule has 0 spiro atoms. The van der Waals surface area contributed by atoms with E-state index in [-0.39, 0.29) is 24.6 Å². The lowest BCUT2D eigenvalue weighted by atomic mass is 10.2. The Morgan fingerprint density at radius 1 is 1.19 bits per heavy atom.